The third-order valence-electron chi connectivity index (χ3n) is 3.00. The molecule has 3 heteroatoms. The lowest BCUT2D eigenvalue weighted by atomic mass is 10.0. The minimum Gasteiger partial charge on any atom is -0.320 e. The van der Waals surface area contributed by atoms with Crippen molar-refractivity contribution in [2.75, 3.05) is 6.54 Å². The standard InChI is InChI=1S/C17H12ClNS/c18-14-7-8-17-15(11-14)12(5-3-9-19)10-13-4-1-2-6-16(13)20-17/h1-2,4,6-8,10-11H,9,19H2. The second-order valence-electron chi connectivity index (χ2n) is 4.34. The van der Waals surface area contributed by atoms with Crippen molar-refractivity contribution in [1.29, 1.82) is 0 Å². The Morgan fingerprint density at radius 3 is 2.80 bits per heavy atom. The van der Waals surface area contributed by atoms with E-state index in [1.807, 2.05) is 30.3 Å². The summed E-state index contributed by atoms with van der Waals surface area (Å²) < 4.78 is 0. The monoisotopic (exact) mass is 297 g/mol. The second kappa shape index (κ2) is 5.76. The molecule has 0 spiro atoms. The summed E-state index contributed by atoms with van der Waals surface area (Å²) in [5.41, 5.74) is 8.70. The van der Waals surface area contributed by atoms with E-state index in [0.29, 0.717) is 6.54 Å². The highest BCUT2D eigenvalue weighted by Crippen LogP contribution is 2.41. The smallest absolute Gasteiger partial charge is 0.0555 e. The molecule has 1 aliphatic heterocycles. The predicted molar refractivity (Wildman–Crippen MR) is 86.7 cm³/mol. The van der Waals surface area contributed by atoms with E-state index in [9.17, 15) is 0 Å². The Hall–Kier alpha value is -1.66. The van der Waals surface area contributed by atoms with Crippen LogP contribution in [0.3, 0.4) is 0 Å². The fraction of sp³-hybridized carbons (Fsp3) is 0.0588. The average Bonchev–Trinajstić information content (AvgIpc) is 2.61. The Balaban J connectivity index is 2.24. The Morgan fingerprint density at radius 1 is 1.10 bits per heavy atom. The maximum atomic E-state index is 6.13. The molecule has 1 aliphatic rings. The van der Waals surface area contributed by atoms with Gasteiger partial charge in [0.05, 0.1) is 6.54 Å². The maximum absolute atomic E-state index is 6.13. The molecule has 2 aromatic carbocycles. The van der Waals surface area contributed by atoms with Crippen LogP contribution in [0.15, 0.2) is 52.3 Å². The van der Waals surface area contributed by atoms with Crippen LogP contribution in [0.5, 0.6) is 0 Å². The summed E-state index contributed by atoms with van der Waals surface area (Å²) in [6, 6.07) is 14.2. The Morgan fingerprint density at radius 2 is 1.95 bits per heavy atom. The van der Waals surface area contributed by atoms with E-state index in [2.05, 4.69) is 30.0 Å². The third-order valence-corrected chi connectivity index (χ3v) is 4.40. The van der Waals surface area contributed by atoms with Gasteiger partial charge in [-0.05, 0) is 35.9 Å². The molecule has 0 bridgehead atoms. The number of benzene rings is 2. The zero-order valence-corrected chi connectivity index (χ0v) is 12.3. The lowest BCUT2D eigenvalue weighted by molar-refractivity contribution is 1.30. The fourth-order valence-electron chi connectivity index (χ4n) is 2.10. The van der Waals surface area contributed by atoms with Gasteiger partial charge in [0.2, 0.25) is 0 Å². The van der Waals surface area contributed by atoms with Crippen LogP contribution in [0, 0.1) is 11.8 Å². The van der Waals surface area contributed by atoms with Gasteiger partial charge in [-0.15, -0.1) is 0 Å². The van der Waals surface area contributed by atoms with E-state index in [4.69, 9.17) is 17.3 Å². The number of fused-ring (bicyclic) bond motifs is 2. The minimum absolute atomic E-state index is 0.349. The summed E-state index contributed by atoms with van der Waals surface area (Å²) in [5.74, 6) is 6.09. The number of hydrogen-bond donors (Lipinski definition) is 1. The average molecular weight is 298 g/mol. The highest BCUT2D eigenvalue weighted by atomic mass is 35.5. The molecule has 0 radical (unpaired) electrons. The van der Waals surface area contributed by atoms with E-state index < -0.39 is 0 Å². The van der Waals surface area contributed by atoms with Crippen LogP contribution in [0.1, 0.15) is 11.1 Å². The molecular weight excluding hydrogens is 286 g/mol. The van der Waals surface area contributed by atoms with Crippen LogP contribution in [0.4, 0.5) is 0 Å². The van der Waals surface area contributed by atoms with Gasteiger partial charge in [0.25, 0.3) is 0 Å². The van der Waals surface area contributed by atoms with E-state index >= 15 is 0 Å². The first kappa shape index (κ1) is 13.3. The van der Waals surface area contributed by atoms with Crippen molar-refractivity contribution in [3.63, 3.8) is 0 Å². The van der Waals surface area contributed by atoms with Gasteiger partial charge in [0.15, 0.2) is 0 Å². The van der Waals surface area contributed by atoms with Crippen LogP contribution >= 0.6 is 23.4 Å². The zero-order chi connectivity index (χ0) is 13.9. The summed E-state index contributed by atoms with van der Waals surface area (Å²) >= 11 is 7.87. The number of hydrogen-bond acceptors (Lipinski definition) is 2. The first-order valence-electron chi connectivity index (χ1n) is 6.25. The molecule has 2 N–H and O–H groups in total. The van der Waals surface area contributed by atoms with Crippen LogP contribution < -0.4 is 5.73 Å². The highest BCUT2D eigenvalue weighted by molar-refractivity contribution is 7.99. The zero-order valence-electron chi connectivity index (χ0n) is 10.7. The summed E-state index contributed by atoms with van der Waals surface area (Å²) in [6.45, 7) is 0.349. The van der Waals surface area contributed by atoms with Gasteiger partial charge in [-0.2, -0.15) is 0 Å². The van der Waals surface area contributed by atoms with Crippen molar-refractivity contribution >= 4 is 35.0 Å². The number of halogens is 1. The molecule has 0 amide bonds. The highest BCUT2D eigenvalue weighted by Gasteiger charge is 2.15. The summed E-state index contributed by atoms with van der Waals surface area (Å²) in [5, 5.41) is 0.718. The molecular formula is C17H12ClNS. The Labute approximate surface area is 127 Å². The van der Waals surface area contributed by atoms with E-state index in [1.165, 1.54) is 10.5 Å². The first-order chi connectivity index (χ1) is 9.78. The van der Waals surface area contributed by atoms with Gasteiger partial charge in [0, 0.05) is 26.0 Å². The molecule has 0 atom stereocenters. The van der Waals surface area contributed by atoms with Gasteiger partial charge >= 0.3 is 0 Å². The van der Waals surface area contributed by atoms with Crippen LogP contribution in [-0.2, 0) is 0 Å². The molecule has 20 heavy (non-hydrogen) atoms. The number of nitrogens with two attached hydrogens (primary N) is 1. The van der Waals surface area contributed by atoms with Crippen LogP contribution in [0.2, 0.25) is 5.02 Å². The van der Waals surface area contributed by atoms with Gasteiger partial charge in [-0.25, -0.2) is 0 Å². The van der Waals surface area contributed by atoms with Gasteiger partial charge in [0.1, 0.15) is 0 Å². The summed E-state index contributed by atoms with van der Waals surface area (Å²) in [7, 11) is 0. The molecule has 3 rings (SSSR count). The quantitative estimate of drug-likeness (QED) is 0.733. The molecule has 0 saturated carbocycles. The van der Waals surface area contributed by atoms with E-state index in [-0.39, 0.29) is 0 Å². The second-order valence-corrected chi connectivity index (χ2v) is 5.86. The van der Waals surface area contributed by atoms with Crippen molar-refractivity contribution in [1.82, 2.24) is 0 Å². The Kier molecular flexibility index (Phi) is 3.84. The van der Waals surface area contributed by atoms with Crippen LogP contribution in [0.25, 0.3) is 11.6 Å². The normalized spacial score (nSPS) is 12.4. The van der Waals surface area contributed by atoms with Gasteiger partial charge in [-0.1, -0.05) is 53.4 Å². The molecule has 1 heterocycles. The van der Waals surface area contributed by atoms with Crippen molar-refractivity contribution in [2.45, 2.75) is 9.79 Å². The van der Waals surface area contributed by atoms with Gasteiger partial charge in [-0.3, -0.25) is 0 Å². The fourth-order valence-corrected chi connectivity index (χ4v) is 3.31. The van der Waals surface area contributed by atoms with E-state index in [0.717, 1.165) is 21.1 Å². The third kappa shape index (κ3) is 2.62. The van der Waals surface area contributed by atoms with Crippen molar-refractivity contribution < 1.29 is 0 Å². The molecule has 0 unspecified atom stereocenters. The van der Waals surface area contributed by atoms with Gasteiger partial charge < -0.3 is 5.73 Å². The van der Waals surface area contributed by atoms with Crippen molar-refractivity contribution in [3.05, 3.63) is 58.6 Å². The molecule has 0 fully saturated rings. The molecule has 0 aromatic heterocycles. The van der Waals surface area contributed by atoms with Crippen molar-refractivity contribution in [3.8, 4) is 11.8 Å². The molecule has 0 saturated heterocycles. The first-order valence-corrected chi connectivity index (χ1v) is 7.45. The molecule has 0 aliphatic carbocycles. The maximum Gasteiger partial charge on any atom is 0.0555 e. The lowest BCUT2D eigenvalue weighted by Gasteiger charge is -2.06. The summed E-state index contributed by atoms with van der Waals surface area (Å²) in [6.07, 6.45) is 2.10. The summed E-state index contributed by atoms with van der Waals surface area (Å²) in [4.78, 5) is 2.39. The Bertz CT molecular complexity index is 753. The van der Waals surface area contributed by atoms with Crippen LogP contribution in [-0.4, -0.2) is 6.54 Å². The molecule has 98 valence electrons. The SMILES string of the molecule is NCC#CC1=Cc2ccccc2Sc2ccc(Cl)cc21. The number of allylic oxidation sites excluding steroid dienone is 1. The lowest BCUT2D eigenvalue weighted by Crippen LogP contribution is -1.93. The molecule has 1 nitrogen and oxygen atoms in total. The predicted octanol–water partition coefficient (Wildman–Crippen LogP) is 4.31. The van der Waals surface area contributed by atoms with Crippen molar-refractivity contribution in [2.24, 2.45) is 5.73 Å². The molecule has 2 aromatic rings. The number of rotatable bonds is 0. The minimum atomic E-state index is 0.349. The largest absolute Gasteiger partial charge is 0.320 e. The topological polar surface area (TPSA) is 26.0 Å². The van der Waals surface area contributed by atoms with E-state index in [1.54, 1.807) is 11.8 Å².